The van der Waals surface area contributed by atoms with E-state index in [2.05, 4.69) is 9.97 Å². The fraction of sp³-hybridized carbons (Fsp3) is 0.238. The average Bonchev–Trinajstić information content (AvgIpc) is 3.19. The maximum absolute atomic E-state index is 14.3. The van der Waals surface area contributed by atoms with Crippen LogP contribution in [0.3, 0.4) is 0 Å². The van der Waals surface area contributed by atoms with Crippen molar-refractivity contribution < 1.29 is 9.18 Å². The number of anilines is 1. The molecule has 1 aromatic carbocycles. The molecule has 0 unspecified atom stereocenters. The summed E-state index contributed by atoms with van der Waals surface area (Å²) in [6, 6.07) is 7.93. The lowest BCUT2D eigenvalue weighted by Gasteiger charge is -2.30. The third-order valence-corrected chi connectivity index (χ3v) is 6.19. The molecule has 0 bridgehead atoms. The number of carbonyl (C=O) groups excluding carboxylic acids is 1. The molecule has 1 aliphatic heterocycles. The maximum atomic E-state index is 14.3. The quantitative estimate of drug-likeness (QED) is 0.669. The van der Waals surface area contributed by atoms with Gasteiger partial charge in [0.1, 0.15) is 11.9 Å². The Morgan fingerprint density at radius 1 is 1.27 bits per heavy atom. The molecule has 0 spiro atoms. The molecule has 1 atom stereocenters. The molecule has 0 saturated carbocycles. The monoisotopic (exact) mass is 422 g/mol. The van der Waals surface area contributed by atoms with Crippen LogP contribution < -0.4 is 11.5 Å². The Hall–Kier alpha value is -3.35. The number of rotatable bonds is 3. The Morgan fingerprint density at radius 2 is 2.03 bits per heavy atom. The van der Waals surface area contributed by atoms with Gasteiger partial charge >= 0.3 is 0 Å². The first-order valence-electron chi connectivity index (χ1n) is 9.43. The number of halogens is 1. The lowest BCUT2D eigenvalue weighted by atomic mass is 10.0. The Bertz CT molecular complexity index is 1140. The van der Waals surface area contributed by atoms with E-state index in [1.54, 1.807) is 29.4 Å². The number of carbonyl (C=O) groups is 1. The zero-order valence-corrected chi connectivity index (χ0v) is 16.8. The topological polar surface area (TPSA) is 122 Å². The predicted molar refractivity (Wildman–Crippen MR) is 113 cm³/mol. The van der Waals surface area contributed by atoms with Gasteiger partial charge in [-0.2, -0.15) is 5.26 Å². The van der Waals surface area contributed by atoms with Crippen molar-refractivity contribution in [2.75, 3.05) is 18.8 Å². The predicted octanol–water partition coefficient (Wildman–Crippen LogP) is 3.03. The van der Waals surface area contributed by atoms with Crippen LogP contribution in [0, 0.1) is 17.1 Å². The number of aromatic nitrogens is 2. The van der Waals surface area contributed by atoms with Crippen LogP contribution in [0.15, 0.2) is 36.7 Å². The van der Waals surface area contributed by atoms with E-state index in [9.17, 15) is 9.18 Å². The average molecular weight is 422 g/mol. The van der Waals surface area contributed by atoms with E-state index in [0.29, 0.717) is 34.7 Å². The first kappa shape index (κ1) is 19.9. The van der Waals surface area contributed by atoms with Crippen LogP contribution in [0.4, 0.5) is 10.3 Å². The zero-order chi connectivity index (χ0) is 21.3. The molecule has 9 heteroatoms. The lowest BCUT2D eigenvalue weighted by Crippen LogP contribution is -2.45. The van der Waals surface area contributed by atoms with Gasteiger partial charge in [0, 0.05) is 47.5 Å². The minimum Gasteiger partial charge on any atom is -0.368 e. The van der Waals surface area contributed by atoms with Gasteiger partial charge in [0.25, 0.3) is 5.91 Å². The summed E-state index contributed by atoms with van der Waals surface area (Å²) in [6.45, 7) is 1.17. The first-order chi connectivity index (χ1) is 14.5. The summed E-state index contributed by atoms with van der Waals surface area (Å²) >= 11 is 1.29. The maximum Gasteiger partial charge on any atom is 0.264 e. The summed E-state index contributed by atoms with van der Waals surface area (Å²) < 4.78 is 14.3. The van der Waals surface area contributed by atoms with Crippen molar-refractivity contribution in [3.8, 4) is 27.6 Å². The third kappa shape index (κ3) is 3.87. The highest BCUT2D eigenvalue weighted by Crippen LogP contribution is 2.40. The summed E-state index contributed by atoms with van der Waals surface area (Å²) in [7, 11) is 0. The molecule has 1 fully saturated rings. The molecule has 4 rings (SSSR count). The van der Waals surface area contributed by atoms with Gasteiger partial charge in [-0.1, -0.05) is 6.07 Å². The molecule has 152 valence electrons. The molecule has 1 aliphatic rings. The highest BCUT2D eigenvalue weighted by molar-refractivity contribution is 7.18. The highest BCUT2D eigenvalue weighted by atomic mass is 32.1. The molecule has 7 nitrogen and oxygen atoms in total. The smallest absolute Gasteiger partial charge is 0.264 e. The van der Waals surface area contributed by atoms with Gasteiger partial charge in [-0.25, -0.2) is 14.4 Å². The minimum atomic E-state index is -0.615. The number of benzene rings is 1. The zero-order valence-electron chi connectivity index (χ0n) is 16.0. The molecule has 1 saturated heterocycles. The van der Waals surface area contributed by atoms with Gasteiger partial charge in [-0.3, -0.25) is 4.79 Å². The Kier molecular flexibility index (Phi) is 5.44. The molecule has 0 radical (unpaired) electrons. The van der Waals surface area contributed by atoms with Crippen molar-refractivity contribution in [2.24, 2.45) is 5.73 Å². The minimum absolute atomic E-state index is 0.0280. The van der Waals surface area contributed by atoms with Crippen LogP contribution in [0.1, 0.15) is 28.1 Å². The number of nitrogen functional groups attached to an aromatic ring is 1. The van der Waals surface area contributed by atoms with Crippen molar-refractivity contribution in [1.82, 2.24) is 14.9 Å². The summed E-state index contributed by atoms with van der Waals surface area (Å²) in [5, 5.41) is 9.00. The van der Waals surface area contributed by atoms with Gasteiger partial charge in [0.2, 0.25) is 5.95 Å². The van der Waals surface area contributed by atoms with Crippen LogP contribution in [-0.4, -0.2) is 39.9 Å². The molecule has 3 aromatic rings. The van der Waals surface area contributed by atoms with Crippen LogP contribution in [0.5, 0.6) is 0 Å². The first-order valence-corrected chi connectivity index (χ1v) is 10.2. The molecule has 4 N–H and O–H groups in total. The Labute approximate surface area is 176 Å². The summed E-state index contributed by atoms with van der Waals surface area (Å²) in [6.07, 6.45) is 4.91. The third-order valence-electron chi connectivity index (χ3n) is 5.02. The number of likely N-dealkylation sites (tertiary alicyclic amines) is 1. The van der Waals surface area contributed by atoms with Gasteiger partial charge in [0.15, 0.2) is 0 Å². The molecule has 3 heterocycles. The van der Waals surface area contributed by atoms with E-state index in [-0.39, 0.29) is 23.5 Å². The van der Waals surface area contributed by atoms with Crippen LogP contribution in [-0.2, 0) is 0 Å². The molecule has 0 aliphatic carbocycles. The van der Waals surface area contributed by atoms with Crippen LogP contribution in [0.25, 0.3) is 21.6 Å². The number of thiophene rings is 1. The number of amides is 1. The molecular weight excluding hydrogens is 403 g/mol. The van der Waals surface area contributed by atoms with Gasteiger partial charge in [-0.05, 0) is 36.6 Å². The SMILES string of the molecule is N#Cc1ccc(-c2cc(C(=O)N3CCC[C@@H](N)C3)sc2-c2cnc(N)nc2)cc1F. The summed E-state index contributed by atoms with van der Waals surface area (Å²) in [4.78, 5) is 24.2. The number of nitrogens with two attached hydrogens (primary N) is 2. The second-order valence-electron chi connectivity index (χ2n) is 7.14. The van der Waals surface area contributed by atoms with Crippen molar-refractivity contribution >= 4 is 23.2 Å². The van der Waals surface area contributed by atoms with Crippen molar-refractivity contribution in [2.45, 2.75) is 18.9 Å². The summed E-state index contributed by atoms with van der Waals surface area (Å²) in [5.41, 5.74) is 13.5. The number of hydrogen-bond acceptors (Lipinski definition) is 7. The van der Waals surface area contributed by atoms with E-state index in [0.717, 1.165) is 17.7 Å². The van der Waals surface area contributed by atoms with Crippen molar-refractivity contribution in [3.05, 3.63) is 52.9 Å². The Balaban J connectivity index is 1.79. The van der Waals surface area contributed by atoms with E-state index in [4.69, 9.17) is 16.7 Å². The van der Waals surface area contributed by atoms with Crippen LogP contribution >= 0.6 is 11.3 Å². The van der Waals surface area contributed by atoms with Crippen LogP contribution in [0.2, 0.25) is 0 Å². The number of hydrogen-bond donors (Lipinski definition) is 2. The Morgan fingerprint density at radius 3 is 2.70 bits per heavy atom. The number of nitriles is 1. The summed E-state index contributed by atoms with van der Waals surface area (Å²) in [5.74, 6) is -0.580. The van der Waals surface area contributed by atoms with Crippen molar-refractivity contribution in [1.29, 1.82) is 5.26 Å². The fourth-order valence-corrected chi connectivity index (χ4v) is 4.63. The lowest BCUT2D eigenvalue weighted by molar-refractivity contribution is 0.0714. The number of nitrogens with zero attached hydrogens (tertiary/aromatic N) is 4. The highest BCUT2D eigenvalue weighted by Gasteiger charge is 2.26. The molecular formula is C21H19FN6OS. The fourth-order valence-electron chi connectivity index (χ4n) is 3.50. The van der Waals surface area contributed by atoms with E-state index >= 15 is 0 Å². The van der Waals surface area contributed by atoms with Crippen molar-refractivity contribution in [3.63, 3.8) is 0 Å². The largest absolute Gasteiger partial charge is 0.368 e. The van der Waals surface area contributed by atoms with Gasteiger partial charge in [-0.15, -0.1) is 11.3 Å². The normalized spacial score (nSPS) is 16.3. The standard InChI is InChI=1S/C21H19FN6OS/c22-17-6-12(3-4-13(17)8-23)16-7-18(20(29)28-5-1-2-15(24)11-28)30-19(16)14-9-26-21(25)27-10-14/h3-4,6-7,9-10,15H,1-2,5,11,24H2,(H2,25,26,27)/t15-/m1/s1. The number of piperidine rings is 1. The van der Waals surface area contributed by atoms with E-state index in [1.165, 1.54) is 23.5 Å². The van der Waals surface area contributed by atoms with E-state index < -0.39 is 5.82 Å². The molecule has 2 aromatic heterocycles. The second-order valence-corrected chi connectivity index (χ2v) is 8.20. The molecule has 30 heavy (non-hydrogen) atoms. The second kappa shape index (κ2) is 8.18. The van der Waals surface area contributed by atoms with E-state index in [1.807, 2.05) is 6.07 Å². The van der Waals surface area contributed by atoms with Gasteiger partial charge in [0.05, 0.1) is 10.4 Å². The van der Waals surface area contributed by atoms with Gasteiger partial charge < -0.3 is 16.4 Å². The molecule has 1 amide bonds.